The van der Waals surface area contributed by atoms with Crippen molar-refractivity contribution in [3.63, 3.8) is 0 Å². The number of carbonyl (C=O) groups excluding carboxylic acids is 7. The maximum atomic E-state index is 14.3. The van der Waals surface area contributed by atoms with Crippen molar-refractivity contribution in [2.45, 2.75) is 130 Å². The summed E-state index contributed by atoms with van der Waals surface area (Å²) in [5.41, 5.74) is 0.634. The van der Waals surface area contributed by atoms with E-state index in [2.05, 4.69) is 47.5 Å². The highest BCUT2D eigenvalue weighted by Gasteiger charge is 2.37. The van der Waals surface area contributed by atoms with Crippen LogP contribution in [0.2, 0.25) is 0 Å². The maximum Gasteiger partial charge on any atom is 0.306 e. The van der Waals surface area contributed by atoms with Gasteiger partial charge in [-0.05, 0) is 91.2 Å². The zero-order valence-corrected chi connectivity index (χ0v) is 44.7. The third kappa shape index (κ3) is 19.6. The topological polar surface area (TPSA) is 275 Å². The van der Waals surface area contributed by atoms with E-state index in [1.807, 2.05) is 39.6 Å². The highest BCUT2D eigenvalue weighted by Crippen LogP contribution is 2.32. The first kappa shape index (κ1) is 59.9. The molecule has 394 valence electrons. The highest BCUT2D eigenvalue weighted by atomic mass is 79.9. The van der Waals surface area contributed by atoms with Gasteiger partial charge in [-0.3, -0.25) is 43.3 Å². The molecule has 7 N–H and O–H groups in total. The van der Waals surface area contributed by atoms with Crippen LogP contribution in [0.5, 0.6) is 5.75 Å². The molecule has 1 aliphatic rings. The predicted molar refractivity (Wildman–Crippen MR) is 272 cm³/mol. The van der Waals surface area contributed by atoms with Gasteiger partial charge >= 0.3 is 11.9 Å². The van der Waals surface area contributed by atoms with Crippen LogP contribution in [0.25, 0.3) is 0 Å². The Bertz CT molecular complexity index is 2190. The van der Waals surface area contributed by atoms with E-state index in [0.29, 0.717) is 30.0 Å². The number of ether oxygens (including phenoxy) is 2. The van der Waals surface area contributed by atoms with Crippen molar-refractivity contribution in [3.05, 3.63) is 50.4 Å². The molecule has 22 heteroatoms. The largest absolute Gasteiger partial charge is 0.506 e. The van der Waals surface area contributed by atoms with Crippen LogP contribution in [-0.4, -0.2) is 144 Å². The summed E-state index contributed by atoms with van der Waals surface area (Å²) in [6.07, 6.45) is 3.89. The number of carbonyl (C=O) groups is 8. The summed E-state index contributed by atoms with van der Waals surface area (Å²) >= 11 is 4.16. The van der Waals surface area contributed by atoms with E-state index in [0.717, 1.165) is 36.8 Å². The number of aliphatic carboxylic acids is 1. The predicted octanol–water partition coefficient (Wildman–Crippen LogP) is 4.67. The lowest BCUT2D eigenvalue weighted by atomic mass is 9.92. The molecule has 6 amide bonds. The van der Waals surface area contributed by atoms with Crippen LogP contribution >= 0.6 is 27.3 Å². The zero-order chi connectivity index (χ0) is 52.9. The number of likely N-dealkylation sites (tertiary alicyclic amines) is 1. The molecule has 3 rings (SSSR count). The summed E-state index contributed by atoms with van der Waals surface area (Å²) in [4.78, 5) is 112. The summed E-state index contributed by atoms with van der Waals surface area (Å²) < 4.78 is 10.7. The monoisotopic (exact) mass is 1080 g/mol. The Morgan fingerprint density at radius 1 is 1.03 bits per heavy atom. The summed E-state index contributed by atoms with van der Waals surface area (Å²) in [6.45, 7) is 12.0. The molecule has 1 aromatic heterocycles. The Balaban J connectivity index is 1.74. The molecule has 1 unspecified atom stereocenters. The number of rotatable bonds is 28. The van der Waals surface area contributed by atoms with Crippen molar-refractivity contribution in [2.24, 2.45) is 17.8 Å². The van der Waals surface area contributed by atoms with E-state index in [-0.39, 0.29) is 96.5 Å². The summed E-state index contributed by atoms with van der Waals surface area (Å²) in [6, 6.07) is 2.13. The van der Waals surface area contributed by atoms with Crippen LogP contribution in [0.1, 0.15) is 120 Å². The smallest absolute Gasteiger partial charge is 0.306 e. The number of piperidine rings is 1. The fourth-order valence-corrected chi connectivity index (χ4v) is 9.28. The third-order valence-electron chi connectivity index (χ3n) is 12.4. The molecule has 0 radical (unpaired) electrons. The molecular formula is C49H73BrN8O12S. The number of benzene rings is 1. The molecule has 2 aromatic rings. The summed E-state index contributed by atoms with van der Waals surface area (Å²) in [7, 11) is 5.09. The number of halogens is 1. The molecule has 71 heavy (non-hydrogen) atoms. The standard InChI is InChI=1S/C49H73BrN8O12S/c1-10-29(4)43(56-46(65)37-14-11-12-20-57(37)7)48(66)58(8)38(28(2)3)26-40(70-31(6)59)47-55-36(27-71-47)45(64)53-33(22-30(5)49(67)68)23-32-16-17-39(60)35(24-32)54-41(61)15-13-18-51-42(62)25-34(50)44(63)52-19-21-69-9/h16-17,24-25,27-30,33,37-38,40,43,60H,10-15,18-23,26H2,1-9H3,(H,51,62)(H,52,63)(H,53,64)(H,54,61)(H,56,65)(H,67,68)/b34-25+/t29-,30?,33+,37+,38+,40+,43-/m0/s1. The number of carboxylic acid groups (broad SMARTS) is 1. The van der Waals surface area contributed by atoms with Crippen LogP contribution in [0.3, 0.4) is 0 Å². The van der Waals surface area contributed by atoms with Crippen LogP contribution in [0, 0.1) is 17.8 Å². The van der Waals surface area contributed by atoms with E-state index >= 15 is 0 Å². The van der Waals surface area contributed by atoms with Gasteiger partial charge in [0, 0.05) is 70.6 Å². The first-order valence-corrected chi connectivity index (χ1v) is 25.7. The van der Waals surface area contributed by atoms with Crippen molar-refractivity contribution < 1.29 is 58.0 Å². The molecule has 0 aliphatic carbocycles. The average Bonchev–Trinajstić information content (AvgIpc) is 3.82. The fraction of sp³-hybridized carbons (Fsp3) is 0.612. The van der Waals surface area contributed by atoms with Crippen molar-refractivity contribution >= 4 is 80.3 Å². The van der Waals surface area contributed by atoms with Gasteiger partial charge in [0.1, 0.15) is 22.5 Å². The molecule has 1 saturated heterocycles. The maximum absolute atomic E-state index is 14.3. The van der Waals surface area contributed by atoms with Gasteiger partial charge in [-0.2, -0.15) is 0 Å². The zero-order valence-electron chi connectivity index (χ0n) is 42.3. The van der Waals surface area contributed by atoms with E-state index in [9.17, 15) is 48.6 Å². The quantitative estimate of drug-likeness (QED) is 0.0264. The van der Waals surface area contributed by atoms with Gasteiger partial charge in [-0.15, -0.1) is 11.3 Å². The van der Waals surface area contributed by atoms with E-state index in [4.69, 9.17) is 9.47 Å². The number of hydrogen-bond acceptors (Lipinski definition) is 14. The van der Waals surface area contributed by atoms with Crippen molar-refractivity contribution in [3.8, 4) is 5.75 Å². The fourth-order valence-electron chi connectivity index (χ4n) is 8.09. The third-order valence-corrected chi connectivity index (χ3v) is 13.9. The van der Waals surface area contributed by atoms with Crippen molar-refractivity contribution in [1.29, 1.82) is 0 Å². The Morgan fingerprint density at radius 3 is 2.38 bits per heavy atom. The number of esters is 1. The number of carboxylic acids is 1. The summed E-state index contributed by atoms with van der Waals surface area (Å²) in [5.74, 6) is -5.64. The second-order valence-corrected chi connectivity index (χ2v) is 20.2. The second-order valence-electron chi connectivity index (χ2n) is 18.4. The lowest BCUT2D eigenvalue weighted by Crippen LogP contribution is -2.58. The lowest BCUT2D eigenvalue weighted by molar-refractivity contribution is -0.149. The second kappa shape index (κ2) is 29.8. The first-order chi connectivity index (χ1) is 33.6. The number of likely N-dealkylation sites (N-methyl/N-ethyl adjacent to an activating group) is 2. The molecule has 0 bridgehead atoms. The molecule has 1 aliphatic heterocycles. The average molecular weight is 1080 g/mol. The molecule has 20 nitrogen and oxygen atoms in total. The number of aromatic nitrogens is 1. The highest BCUT2D eigenvalue weighted by molar-refractivity contribution is 9.12. The molecule has 0 saturated carbocycles. The SMILES string of the molecule is CC[C@H](C)[C@H](NC(=O)[C@H]1CCCCN1C)C(=O)N(C)[C@H](C[C@@H](OC(C)=O)c1nc(C(=O)N[C@@H](Cc2ccc(O)c(NC(=O)CCCNC(=O)/C=C(/Br)C(=O)NCCOC)c2)CC(C)C(=O)O)cs1)C(C)C. The summed E-state index contributed by atoms with van der Waals surface area (Å²) in [5, 5.41) is 36.0. The number of nitrogens with one attached hydrogen (secondary N) is 5. The Labute approximate surface area is 428 Å². The minimum Gasteiger partial charge on any atom is -0.506 e. The minimum absolute atomic E-state index is 0.00478. The van der Waals surface area contributed by atoms with Gasteiger partial charge in [-0.25, -0.2) is 4.98 Å². The van der Waals surface area contributed by atoms with Gasteiger partial charge in [0.05, 0.1) is 28.7 Å². The molecule has 1 fully saturated rings. The number of phenolic OH excluding ortho intramolecular Hbond substituents is 1. The molecule has 1 aromatic carbocycles. The number of amides is 6. The van der Waals surface area contributed by atoms with Crippen molar-refractivity contribution in [2.75, 3.05) is 52.8 Å². The number of thiazole rings is 1. The number of aromatic hydroxyl groups is 1. The number of methoxy groups -OCH3 is 1. The first-order valence-electron chi connectivity index (χ1n) is 24.0. The van der Waals surface area contributed by atoms with E-state index in [1.54, 1.807) is 18.0 Å². The lowest BCUT2D eigenvalue weighted by Gasteiger charge is -2.38. The minimum atomic E-state index is -1.08. The number of anilines is 1. The number of phenols is 1. The molecule has 0 spiro atoms. The van der Waals surface area contributed by atoms with Gasteiger partial charge in [-0.1, -0.05) is 53.5 Å². The molecule has 2 heterocycles. The number of hydrogen-bond donors (Lipinski definition) is 7. The van der Waals surface area contributed by atoms with E-state index in [1.165, 1.54) is 38.5 Å². The van der Waals surface area contributed by atoms with E-state index < -0.39 is 65.7 Å². The van der Waals surface area contributed by atoms with Crippen LogP contribution in [-0.2, 0) is 49.5 Å². The van der Waals surface area contributed by atoms with Gasteiger partial charge in [0.15, 0.2) is 6.10 Å². The Morgan fingerprint density at radius 2 is 1.75 bits per heavy atom. The normalized spacial score (nSPS) is 16.6. The van der Waals surface area contributed by atoms with Gasteiger partial charge < -0.3 is 51.2 Å². The molecular weight excluding hydrogens is 1000 g/mol. The number of nitrogens with zero attached hydrogens (tertiary/aromatic N) is 3. The van der Waals surface area contributed by atoms with Crippen LogP contribution in [0.15, 0.2) is 34.1 Å². The Kier molecular flexibility index (Phi) is 25.1. The molecule has 7 atom stereocenters. The van der Waals surface area contributed by atoms with Gasteiger partial charge in [0.25, 0.3) is 11.8 Å². The van der Waals surface area contributed by atoms with Gasteiger partial charge in [0.2, 0.25) is 23.6 Å². The Hall–Kier alpha value is -5.45. The van der Waals surface area contributed by atoms with Crippen LogP contribution < -0.4 is 26.6 Å². The van der Waals surface area contributed by atoms with Crippen LogP contribution in [0.4, 0.5) is 5.69 Å². The van der Waals surface area contributed by atoms with Crippen molar-refractivity contribution in [1.82, 2.24) is 36.1 Å².